The van der Waals surface area contributed by atoms with E-state index in [4.69, 9.17) is 4.74 Å². The zero-order valence-electron chi connectivity index (χ0n) is 11.9. The van der Waals surface area contributed by atoms with Crippen LogP contribution in [0.4, 0.5) is 0 Å². The van der Waals surface area contributed by atoms with Gasteiger partial charge < -0.3 is 14.6 Å². The standard InChI is InChI=1S/C16H21N3O/c1-19-10-9-18-16(19)5-8-17-7-4-13-2-3-15-14(12-13)6-11-20-15/h2-3,9-10,12,17H,4-8,11H2,1H3. The fraction of sp³-hybridized carbons (Fsp3) is 0.438. The van der Waals surface area contributed by atoms with Gasteiger partial charge in [0, 0.05) is 38.8 Å². The lowest BCUT2D eigenvalue weighted by atomic mass is 10.1. The Balaban J connectivity index is 1.41. The molecule has 0 amide bonds. The van der Waals surface area contributed by atoms with Crippen LogP contribution in [-0.2, 0) is 26.3 Å². The molecular formula is C16H21N3O. The minimum absolute atomic E-state index is 0.834. The van der Waals surface area contributed by atoms with Gasteiger partial charge in [0.25, 0.3) is 0 Å². The number of hydrogen-bond donors (Lipinski definition) is 1. The van der Waals surface area contributed by atoms with Crippen molar-refractivity contribution in [3.05, 3.63) is 47.5 Å². The number of nitrogens with zero attached hydrogens (tertiary/aromatic N) is 2. The molecule has 0 fully saturated rings. The maximum Gasteiger partial charge on any atom is 0.122 e. The summed E-state index contributed by atoms with van der Waals surface area (Å²) in [6.45, 7) is 2.81. The quantitative estimate of drug-likeness (QED) is 0.813. The molecule has 0 saturated heterocycles. The van der Waals surface area contributed by atoms with E-state index < -0.39 is 0 Å². The van der Waals surface area contributed by atoms with Crippen LogP contribution in [0, 0.1) is 0 Å². The van der Waals surface area contributed by atoms with Crippen LogP contribution in [0.25, 0.3) is 0 Å². The lowest BCUT2D eigenvalue weighted by Gasteiger charge is -2.06. The van der Waals surface area contributed by atoms with E-state index in [1.807, 2.05) is 19.4 Å². The Morgan fingerprint density at radius 1 is 1.30 bits per heavy atom. The number of rotatable bonds is 6. The molecule has 0 aliphatic carbocycles. The van der Waals surface area contributed by atoms with Crippen molar-refractivity contribution in [2.45, 2.75) is 19.3 Å². The van der Waals surface area contributed by atoms with Crippen LogP contribution in [0.2, 0.25) is 0 Å². The van der Waals surface area contributed by atoms with Crippen molar-refractivity contribution < 1.29 is 4.74 Å². The predicted octanol–water partition coefficient (Wildman–Crippen LogP) is 1.73. The molecule has 20 heavy (non-hydrogen) atoms. The third kappa shape index (κ3) is 3.02. The second-order valence-corrected chi connectivity index (χ2v) is 5.24. The summed E-state index contributed by atoms with van der Waals surface area (Å²) < 4.78 is 7.60. The normalized spacial score (nSPS) is 13.2. The first-order chi connectivity index (χ1) is 9.83. The third-order valence-corrected chi connectivity index (χ3v) is 3.79. The van der Waals surface area contributed by atoms with Gasteiger partial charge in [-0.1, -0.05) is 12.1 Å². The Morgan fingerprint density at radius 3 is 3.05 bits per heavy atom. The molecule has 3 rings (SSSR count). The predicted molar refractivity (Wildman–Crippen MR) is 79.1 cm³/mol. The van der Waals surface area contributed by atoms with Gasteiger partial charge in [-0.25, -0.2) is 4.98 Å². The summed E-state index contributed by atoms with van der Waals surface area (Å²) >= 11 is 0. The first kappa shape index (κ1) is 13.2. The lowest BCUT2D eigenvalue weighted by molar-refractivity contribution is 0.357. The van der Waals surface area contributed by atoms with E-state index in [9.17, 15) is 0 Å². The molecule has 4 heteroatoms. The molecule has 0 unspecified atom stereocenters. The molecule has 0 saturated carbocycles. The van der Waals surface area contributed by atoms with E-state index in [-0.39, 0.29) is 0 Å². The fourth-order valence-corrected chi connectivity index (χ4v) is 2.59. The van der Waals surface area contributed by atoms with Crippen molar-refractivity contribution in [1.82, 2.24) is 14.9 Å². The number of imidazole rings is 1. The maximum atomic E-state index is 5.52. The van der Waals surface area contributed by atoms with E-state index in [2.05, 4.69) is 33.1 Å². The van der Waals surface area contributed by atoms with Crippen molar-refractivity contribution in [2.24, 2.45) is 7.05 Å². The van der Waals surface area contributed by atoms with Crippen LogP contribution in [0.15, 0.2) is 30.6 Å². The number of benzene rings is 1. The summed E-state index contributed by atoms with van der Waals surface area (Å²) in [5.41, 5.74) is 2.74. The average molecular weight is 271 g/mol. The van der Waals surface area contributed by atoms with Crippen LogP contribution in [0.1, 0.15) is 17.0 Å². The summed E-state index contributed by atoms with van der Waals surface area (Å²) in [7, 11) is 2.04. The molecule has 4 nitrogen and oxygen atoms in total. The van der Waals surface area contributed by atoms with Gasteiger partial charge in [-0.2, -0.15) is 0 Å². The Labute approximate surface area is 119 Å². The van der Waals surface area contributed by atoms with E-state index >= 15 is 0 Å². The van der Waals surface area contributed by atoms with Gasteiger partial charge in [-0.3, -0.25) is 0 Å². The van der Waals surface area contributed by atoms with Gasteiger partial charge >= 0.3 is 0 Å². The van der Waals surface area contributed by atoms with Crippen molar-refractivity contribution >= 4 is 0 Å². The second-order valence-electron chi connectivity index (χ2n) is 5.24. The van der Waals surface area contributed by atoms with E-state index in [0.29, 0.717) is 0 Å². The monoisotopic (exact) mass is 271 g/mol. The topological polar surface area (TPSA) is 39.1 Å². The number of aryl methyl sites for hydroxylation is 1. The maximum absolute atomic E-state index is 5.52. The Morgan fingerprint density at radius 2 is 2.20 bits per heavy atom. The van der Waals surface area contributed by atoms with Crippen LogP contribution in [0.3, 0.4) is 0 Å². The van der Waals surface area contributed by atoms with Crippen LogP contribution in [-0.4, -0.2) is 29.2 Å². The SMILES string of the molecule is Cn1ccnc1CCNCCc1ccc2c(c1)CCO2. The fourth-order valence-electron chi connectivity index (χ4n) is 2.59. The second kappa shape index (κ2) is 6.09. The van der Waals surface area contributed by atoms with E-state index in [1.54, 1.807) is 0 Å². The molecule has 1 aromatic heterocycles. The molecule has 2 heterocycles. The third-order valence-electron chi connectivity index (χ3n) is 3.79. The van der Waals surface area contributed by atoms with Crippen LogP contribution in [0.5, 0.6) is 5.75 Å². The van der Waals surface area contributed by atoms with E-state index in [0.717, 1.165) is 50.5 Å². The summed E-state index contributed by atoms with van der Waals surface area (Å²) in [5, 5.41) is 3.48. The molecule has 2 aromatic rings. The Kier molecular flexibility index (Phi) is 4.02. The molecule has 0 spiro atoms. The highest BCUT2D eigenvalue weighted by molar-refractivity contribution is 5.39. The number of fused-ring (bicyclic) bond motifs is 1. The Hall–Kier alpha value is -1.81. The number of hydrogen-bond acceptors (Lipinski definition) is 3. The van der Waals surface area contributed by atoms with Crippen molar-refractivity contribution in [2.75, 3.05) is 19.7 Å². The van der Waals surface area contributed by atoms with Gasteiger partial charge in [0.05, 0.1) is 6.61 Å². The summed E-state index contributed by atoms with van der Waals surface area (Å²) in [6.07, 6.45) is 6.93. The molecule has 0 atom stereocenters. The summed E-state index contributed by atoms with van der Waals surface area (Å²) in [5.74, 6) is 2.20. The number of ether oxygens (including phenoxy) is 1. The number of nitrogens with one attached hydrogen (secondary N) is 1. The van der Waals surface area contributed by atoms with Gasteiger partial charge in [-0.05, 0) is 30.2 Å². The van der Waals surface area contributed by atoms with Gasteiger partial charge in [0.15, 0.2) is 0 Å². The first-order valence-corrected chi connectivity index (χ1v) is 7.24. The molecule has 1 aromatic carbocycles. The minimum atomic E-state index is 0.834. The minimum Gasteiger partial charge on any atom is -0.493 e. The zero-order valence-corrected chi connectivity index (χ0v) is 11.9. The number of aromatic nitrogens is 2. The smallest absolute Gasteiger partial charge is 0.122 e. The Bertz CT molecular complexity index is 577. The molecule has 1 N–H and O–H groups in total. The van der Waals surface area contributed by atoms with Crippen LogP contribution >= 0.6 is 0 Å². The highest BCUT2D eigenvalue weighted by Gasteiger charge is 2.11. The van der Waals surface area contributed by atoms with Crippen molar-refractivity contribution in [3.8, 4) is 5.75 Å². The van der Waals surface area contributed by atoms with E-state index in [1.165, 1.54) is 11.1 Å². The van der Waals surface area contributed by atoms with Crippen LogP contribution < -0.4 is 10.1 Å². The van der Waals surface area contributed by atoms with Crippen molar-refractivity contribution in [1.29, 1.82) is 0 Å². The van der Waals surface area contributed by atoms with Crippen molar-refractivity contribution in [3.63, 3.8) is 0 Å². The molecule has 1 aliphatic heterocycles. The first-order valence-electron chi connectivity index (χ1n) is 7.24. The highest BCUT2D eigenvalue weighted by atomic mass is 16.5. The summed E-state index contributed by atoms with van der Waals surface area (Å²) in [4.78, 5) is 4.32. The van der Waals surface area contributed by atoms with Gasteiger partial charge in [0.1, 0.15) is 11.6 Å². The summed E-state index contributed by atoms with van der Waals surface area (Å²) in [6, 6.07) is 6.55. The highest BCUT2D eigenvalue weighted by Crippen LogP contribution is 2.25. The molecule has 1 aliphatic rings. The molecule has 0 bridgehead atoms. The molecule has 0 radical (unpaired) electrons. The average Bonchev–Trinajstić information content (AvgIpc) is 3.07. The molecule has 106 valence electrons. The molecular weight excluding hydrogens is 250 g/mol. The lowest BCUT2D eigenvalue weighted by Crippen LogP contribution is -2.21. The van der Waals surface area contributed by atoms with Gasteiger partial charge in [0.2, 0.25) is 0 Å². The zero-order chi connectivity index (χ0) is 13.8. The van der Waals surface area contributed by atoms with Gasteiger partial charge in [-0.15, -0.1) is 0 Å². The largest absolute Gasteiger partial charge is 0.493 e.